The SMILES string of the molecule is C[C@@H](O[Si](C)(C)C(C)(C)C)[C@H]1C(=O)N[C@@H]1SC(=O)c1ccc([C]2[CH][CH][CH][CH]2)cc1. The molecule has 4 nitrogen and oxygen atoms in total. The second-order valence-electron chi connectivity index (χ2n) is 9.19. The molecule has 1 saturated carbocycles. The first-order chi connectivity index (χ1) is 13.5. The third kappa shape index (κ3) is 4.97. The number of rotatable bonds is 6. The summed E-state index contributed by atoms with van der Waals surface area (Å²) in [6.07, 6.45) is 7.87. The molecule has 0 spiro atoms. The number of amides is 1. The molecule has 0 unspecified atom stereocenters. The van der Waals surface area contributed by atoms with Crippen LogP contribution in [-0.4, -0.2) is 30.8 Å². The Kier molecular flexibility index (Phi) is 6.66. The van der Waals surface area contributed by atoms with Crippen LogP contribution in [0.1, 0.15) is 43.6 Å². The normalized spacial score (nSPS) is 24.1. The lowest BCUT2D eigenvalue weighted by molar-refractivity contribution is -0.136. The molecule has 1 aromatic rings. The molecule has 29 heavy (non-hydrogen) atoms. The molecule has 1 saturated heterocycles. The molecule has 2 aliphatic rings. The Morgan fingerprint density at radius 2 is 1.72 bits per heavy atom. The van der Waals surface area contributed by atoms with E-state index in [0.29, 0.717) is 5.56 Å². The Labute approximate surface area is 180 Å². The molecule has 1 aromatic carbocycles. The number of hydrogen-bond donors (Lipinski definition) is 1. The van der Waals surface area contributed by atoms with Crippen molar-refractivity contribution in [2.75, 3.05) is 0 Å². The fourth-order valence-electron chi connectivity index (χ4n) is 3.19. The molecular formula is C23H30NO3SSi. The van der Waals surface area contributed by atoms with Crippen LogP contribution in [0.4, 0.5) is 0 Å². The smallest absolute Gasteiger partial charge is 0.229 e. The van der Waals surface area contributed by atoms with E-state index in [2.05, 4.69) is 39.2 Å². The van der Waals surface area contributed by atoms with Crippen molar-refractivity contribution in [3.05, 3.63) is 67.0 Å². The molecule has 0 bridgehead atoms. The van der Waals surface area contributed by atoms with Crippen LogP contribution >= 0.6 is 11.8 Å². The lowest BCUT2D eigenvalue weighted by Gasteiger charge is -2.44. The highest BCUT2D eigenvalue weighted by Gasteiger charge is 2.48. The van der Waals surface area contributed by atoms with Crippen LogP contribution in [0.5, 0.6) is 0 Å². The summed E-state index contributed by atoms with van der Waals surface area (Å²) in [7, 11) is -1.98. The van der Waals surface area contributed by atoms with E-state index in [9.17, 15) is 9.59 Å². The maximum atomic E-state index is 12.7. The number of carbonyl (C=O) groups is 2. The third-order valence-electron chi connectivity index (χ3n) is 6.06. The summed E-state index contributed by atoms with van der Waals surface area (Å²) < 4.78 is 6.40. The summed E-state index contributed by atoms with van der Waals surface area (Å²) in [6.45, 7) is 12.9. The van der Waals surface area contributed by atoms with Crippen molar-refractivity contribution >= 4 is 31.1 Å². The van der Waals surface area contributed by atoms with Crippen molar-refractivity contribution < 1.29 is 14.0 Å². The van der Waals surface area contributed by atoms with Crippen molar-refractivity contribution in [2.24, 2.45) is 5.92 Å². The van der Waals surface area contributed by atoms with Crippen molar-refractivity contribution in [1.29, 1.82) is 0 Å². The molecular weight excluding hydrogens is 398 g/mol. The number of hydrogen-bond acceptors (Lipinski definition) is 4. The van der Waals surface area contributed by atoms with Gasteiger partial charge in [-0.25, -0.2) is 0 Å². The first-order valence-electron chi connectivity index (χ1n) is 10.0. The number of benzene rings is 1. The summed E-state index contributed by atoms with van der Waals surface area (Å²) in [5, 5.41) is 2.66. The molecule has 1 amide bonds. The highest BCUT2D eigenvalue weighted by atomic mass is 32.2. The Hall–Kier alpha value is -1.11. The fraction of sp³-hybridized carbons (Fsp3) is 0.435. The van der Waals surface area contributed by atoms with Gasteiger partial charge in [-0.3, -0.25) is 9.59 Å². The first-order valence-corrected chi connectivity index (χ1v) is 13.8. The third-order valence-corrected chi connectivity index (χ3v) is 11.7. The van der Waals surface area contributed by atoms with Gasteiger partial charge in [0.05, 0.1) is 17.4 Å². The van der Waals surface area contributed by atoms with Crippen molar-refractivity contribution in [3.63, 3.8) is 0 Å². The average molecular weight is 429 g/mol. The van der Waals surface area contributed by atoms with Gasteiger partial charge in [0.15, 0.2) is 8.32 Å². The molecule has 155 valence electrons. The van der Waals surface area contributed by atoms with Gasteiger partial charge in [0.1, 0.15) is 0 Å². The Balaban J connectivity index is 1.60. The quantitative estimate of drug-likeness (QED) is 0.522. The number of carbonyl (C=O) groups excluding carboxylic acids is 2. The van der Waals surface area contributed by atoms with E-state index >= 15 is 0 Å². The van der Waals surface area contributed by atoms with E-state index < -0.39 is 8.32 Å². The summed E-state index contributed by atoms with van der Waals surface area (Å²) >= 11 is 1.18. The topological polar surface area (TPSA) is 55.4 Å². The van der Waals surface area contributed by atoms with Gasteiger partial charge < -0.3 is 9.74 Å². The monoisotopic (exact) mass is 428 g/mol. The zero-order valence-corrected chi connectivity index (χ0v) is 19.8. The minimum Gasteiger partial charge on any atom is -0.413 e. The number of nitrogens with one attached hydrogen (secondary N) is 1. The van der Waals surface area contributed by atoms with Crippen LogP contribution in [0.25, 0.3) is 0 Å². The highest BCUT2D eigenvalue weighted by Crippen LogP contribution is 2.40. The van der Waals surface area contributed by atoms with E-state index in [-0.39, 0.29) is 33.5 Å². The molecule has 6 heteroatoms. The maximum Gasteiger partial charge on any atom is 0.229 e. The van der Waals surface area contributed by atoms with Gasteiger partial charge in [-0.05, 0) is 56.3 Å². The fourth-order valence-corrected chi connectivity index (χ4v) is 5.79. The predicted molar refractivity (Wildman–Crippen MR) is 121 cm³/mol. The molecule has 1 N–H and O–H groups in total. The van der Waals surface area contributed by atoms with Crippen molar-refractivity contribution in [3.8, 4) is 0 Å². The van der Waals surface area contributed by atoms with Crippen LogP contribution in [0, 0.1) is 37.5 Å². The zero-order valence-electron chi connectivity index (χ0n) is 18.0. The predicted octanol–water partition coefficient (Wildman–Crippen LogP) is 4.80. The van der Waals surface area contributed by atoms with Crippen LogP contribution in [0.3, 0.4) is 0 Å². The molecule has 1 heterocycles. The lowest BCUT2D eigenvalue weighted by Crippen LogP contribution is -2.62. The molecule has 1 aliphatic heterocycles. The van der Waals surface area contributed by atoms with E-state index in [1.54, 1.807) is 0 Å². The molecule has 2 fully saturated rings. The zero-order chi connectivity index (χ0) is 21.4. The minimum atomic E-state index is -1.98. The highest BCUT2D eigenvalue weighted by molar-refractivity contribution is 8.14. The van der Waals surface area contributed by atoms with E-state index in [1.807, 2.05) is 56.9 Å². The first kappa shape index (κ1) is 22.6. The van der Waals surface area contributed by atoms with Crippen molar-refractivity contribution in [1.82, 2.24) is 5.32 Å². The Morgan fingerprint density at radius 1 is 1.14 bits per heavy atom. The van der Waals surface area contributed by atoms with Crippen LogP contribution in [-0.2, 0) is 9.22 Å². The largest absolute Gasteiger partial charge is 0.413 e. The van der Waals surface area contributed by atoms with Crippen LogP contribution < -0.4 is 5.32 Å². The van der Waals surface area contributed by atoms with Crippen molar-refractivity contribution in [2.45, 2.75) is 57.3 Å². The van der Waals surface area contributed by atoms with Gasteiger partial charge in [0, 0.05) is 11.5 Å². The molecule has 3 rings (SSSR count). The summed E-state index contributed by atoms with van der Waals surface area (Å²) in [4.78, 5) is 25.0. The number of β-lactam (4-membered cyclic amide) rings is 1. The average Bonchev–Trinajstić information content (AvgIpc) is 3.14. The molecule has 5 radical (unpaired) electrons. The van der Waals surface area contributed by atoms with Crippen LogP contribution in [0.15, 0.2) is 24.3 Å². The summed E-state index contributed by atoms with van der Waals surface area (Å²) in [6, 6.07) is 7.62. The van der Waals surface area contributed by atoms with E-state index in [1.165, 1.54) is 11.8 Å². The maximum absolute atomic E-state index is 12.7. The molecule has 0 aromatic heterocycles. The molecule has 1 aliphatic carbocycles. The van der Waals surface area contributed by atoms with Gasteiger partial charge in [0.2, 0.25) is 11.0 Å². The van der Waals surface area contributed by atoms with Gasteiger partial charge in [0.25, 0.3) is 0 Å². The summed E-state index contributed by atoms with van der Waals surface area (Å²) in [5.74, 6) is 0.800. The standard InChI is InChI=1S/C23H30NO3SSi/c1-15(27-29(5,6)23(2,3)4)19-20(25)24-21(19)28-22(26)18-13-11-17(12-14-18)16-9-7-8-10-16/h7-15,19,21H,1-6H3,(H,24,25)/t15-,19+,21-/m1/s1. The summed E-state index contributed by atoms with van der Waals surface area (Å²) in [5.41, 5.74) is 1.73. The van der Waals surface area contributed by atoms with E-state index in [0.717, 1.165) is 11.5 Å². The van der Waals surface area contributed by atoms with Gasteiger partial charge in [-0.1, -0.05) is 56.8 Å². The van der Waals surface area contributed by atoms with Gasteiger partial charge in [-0.15, -0.1) is 0 Å². The second-order valence-corrected chi connectivity index (χ2v) is 15.1. The Bertz CT molecular complexity index is 750. The van der Waals surface area contributed by atoms with Gasteiger partial charge >= 0.3 is 0 Å². The number of thioether (sulfide) groups is 1. The van der Waals surface area contributed by atoms with Crippen LogP contribution in [0.2, 0.25) is 18.1 Å². The Morgan fingerprint density at radius 3 is 2.24 bits per heavy atom. The van der Waals surface area contributed by atoms with Gasteiger partial charge in [-0.2, -0.15) is 0 Å². The lowest BCUT2D eigenvalue weighted by atomic mass is 9.96. The van der Waals surface area contributed by atoms with E-state index in [4.69, 9.17) is 4.43 Å². The second kappa shape index (κ2) is 8.56. The minimum absolute atomic E-state index is 0.0337. The molecule has 3 atom stereocenters.